The number of ether oxygens (including phenoxy) is 1. The number of benzene rings is 3. The quantitative estimate of drug-likeness (QED) is 0.360. The Morgan fingerprint density at radius 1 is 1.00 bits per heavy atom. The SMILES string of the molecule is CCNC(=O)[C@H](CC)N(Cc1ccc(F)cc1)C(=O)CN(c1cc(C)ccc1OC)S(=O)(=O)c1ccccc1. The van der Waals surface area contributed by atoms with Gasteiger partial charge in [0.15, 0.2) is 0 Å². The van der Waals surface area contributed by atoms with Crippen molar-refractivity contribution in [2.75, 3.05) is 24.5 Å². The minimum Gasteiger partial charge on any atom is -0.495 e. The average molecular weight is 556 g/mol. The number of rotatable bonds is 12. The van der Waals surface area contributed by atoms with E-state index in [0.717, 1.165) is 9.87 Å². The van der Waals surface area contributed by atoms with Crippen molar-refractivity contribution >= 4 is 27.5 Å². The highest BCUT2D eigenvalue weighted by atomic mass is 32.2. The van der Waals surface area contributed by atoms with Crippen molar-refractivity contribution in [1.29, 1.82) is 0 Å². The van der Waals surface area contributed by atoms with E-state index in [-0.39, 0.29) is 35.2 Å². The summed E-state index contributed by atoms with van der Waals surface area (Å²) < 4.78 is 47.9. The number of anilines is 1. The second-order valence-electron chi connectivity index (χ2n) is 8.97. The van der Waals surface area contributed by atoms with Crippen LogP contribution in [-0.2, 0) is 26.2 Å². The Morgan fingerprint density at radius 3 is 2.26 bits per heavy atom. The molecule has 2 amide bonds. The van der Waals surface area contributed by atoms with E-state index in [1.54, 1.807) is 57.2 Å². The Bertz CT molecular complexity index is 1380. The van der Waals surface area contributed by atoms with Gasteiger partial charge in [-0.1, -0.05) is 43.3 Å². The minimum absolute atomic E-state index is 0.00205. The lowest BCUT2D eigenvalue weighted by Gasteiger charge is -2.33. The number of aryl methyl sites for hydroxylation is 1. The van der Waals surface area contributed by atoms with E-state index in [1.165, 1.54) is 48.4 Å². The number of hydrogen-bond donors (Lipinski definition) is 1. The molecule has 0 saturated carbocycles. The van der Waals surface area contributed by atoms with Gasteiger partial charge in [-0.25, -0.2) is 12.8 Å². The van der Waals surface area contributed by atoms with Crippen LogP contribution < -0.4 is 14.4 Å². The molecule has 0 spiro atoms. The van der Waals surface area contributed by atoms with Crippen LogP contribution >= 0.6 is 0 Å². The smallest absolute Gasteiger partial charge is 0.264 e. The number of likely N-dealkylation sites (N-methyl/N-ethyl adjacent to an activating group) is 1. The van der Waals surface area contributed by atoms with Gasteiger partial charge in [-0.3, -0.25) is 13.9 Å². The lowest BCUT2D eigenvalue weighted by molar-refractivity contribution is -0.140. The van der Waals surface area contributed by atoms with Crippen molar-refractivity contribution in [2.24, 2.45) is 0 Å². The van der Waals surface area contributed by atoms with Crippen molar-refractivity contribution < 1.29 is 27.1 Å². The summed E-state index contributed by atoms with van der Waals surface area (Å²) in [5.41, 5.74) is 1.56. The van der Waals surface area contributed by atoms with E-state index in [1.807, 2.05) is 0 Å². The van der Waals surface area contributed by atoms with Gasteiger partial charge in [0.1, 0.15) is 24.2 Å². The van der Waals surface area contributed by atoms with E-state index < -0.39 is 34.3 Å². The molecule has 0 aliphatic heterocycles. The van der Waals surface area contributed by atoms with E-state index in [9.17, 15) is 22.4 Å². The predicted octanol–water partition coefficient (Wildman–Crippen LogP) is 4.28. The van der Waals surface area contributed by atoms with E-state index in [0.29, 0.717) is 12.1 Å². The van der Waals surface area contributed by atoms with Crippen LogP contribution in [0, 0.1) is 12.7 Å². The first-order valence-corrected chi connectivity index (χ1v) is 14.1. The minimum atomic E-state index is -4.22. The first-order valence-electron chi connectivity index (χ1n) is 12.7. The van der Waals surface area contributed by atoms with Crippen LogP contribution in [0.3, 0.4) is 0 Å². The van der Waals surface area contributed by atoms with E-state index in [2.05, 4.69) is 5.32 Å². The first kappa shape index (κ1) is 29.6. The van der Waals surface area contributed by atoms with E-state index in [4.69, 9.17) is 4.74 Å². The molecular formula is C29H34FN3O5S. The molecule has 10 heteroatoms. The molecule has 0 saturated heterocycles. The fraction of sp³-hybridized carbons (Fsp3) is 0.310. The maximum atomic E-state index is 14.0. The highest BCUT2D eigenvalue weighted by Gasteiger charge is 2.34. The van der Waals surface area contributed by atoms with Gasteiger partial charge in [-0.15, -0.1) is 0 Å². The number of sulfonamides is 1. The number of carbonyl (C=O) groups excluding carboxylic acids is 2. The first-order chi connectivity index (χ1) is 18.6. The van der Waals surface area contributed by atoms with Crippen LogP contribution in [0.1, 0.15) is 31.4 Å². The molecule has 0 heterocycles. The summed E-state index contributed by atoms with van der Waals surface area (Å²) in [7, 11) is -2.79. The molecular weight excluding hydrogens is 521 g/mol. The number of amides is 2. The predicted molar refractivity (Wildman–Crippen MR) is 148 cm³/mol. The van der Waals surface area contributed by atoms with Gasteiger partial charge in [-0.2, -0.15) is 0 Å². The largest absolute Gasteiger partial charge is 0.495 e. The maximum Gasteiger partial charge on any atom is 0.264 e. The van der Waals surface area contributed by atoms with Gasteiger partial charge in [-0.05, 0) is 67.8 Å². The number of halogens is 1. The topological polar surface area (TPSA) is 96.0 Å². The van der Waals surface area contributed by atoms with Gasteiger partial charge in [0.2, 0.25) is 11.8 Å². The molecule has 1 N–H and O–H groups in total. The van der Waals surface area contributed by atoms with E-state index >= 15 is 0 Å². The highest BCUT2D eigenvalue weighted by Crippen LogP contribution is 2.33. The fourth-order valence-electron chi connectivity index (χ4n) is 4.23. The fourth-order valence-corrected chi connectivity index (χ4v) is 5.66. The number of methoxy groups -OCH3 is 1. The summed E-state index contributed by atoms with van der Waals surface area (Å²) in [5.74, 6) is -1.12. The molecule has 3 aromatic rings. The van der Waals surface area contributed by atoms with Crippen LogP contribution in [-0.4, -0.2) is 51.4 Å². The lowest BCUT2D eigenvalue weighted by Crippen LogP contribution is -2.52. The van der Waals surface area contributed by atoms with Crippen molar-refractivity contribution in [2.45, 2.75) is 44.7 Å². The third kappa shape index (κ3) is 7.14. The van der Waals surface area contributed by atoms with Gasteiger partial charge in [0.25, 0.3) is 10.0 Å². The third-order valence-corrected chi connectivity index (χ3v) is 7.99. The normalized spacial score (nSPS) is 11.9. The zero-order chi connectivity index (χ0) is 28.6. The summed E-state index contributed by atoms with van der Waals surface area (Å²) in [6, 6.07) is 17.6. The summed E-state index contributed by atoms with van der Waals surface area (Å²) in [6.07, 6.45) is 0.290. The van der Waals surface area contributed by atoms with Crippen LogP contribution in [0.2, 0.25) is 0 Å². The third-order valence-electron chi connectivity index (χ3n) is 6.22. The van der Waals surface area contributed by atoms with Crippen molar-refractivity contribution in [3.05, 3.63) is 89.7 Å². The van der Waals surface area contributed by atoms with Crippen molar-refractivity contribution in [3.8, 4) is 5.75 Å². The lowest BCUT2D eigenvalue weighted by atomic mass is 10.1. The Balaban J connectivity index is 2.11. The highest BCUT2D eigenvalue weighted by molar-refractivity contribution is 7.92. The molecule has 0 aliphatic carbocycles. The Labute approximate surface area is 229 Å². The standard InChI is InChI=1S/C29H34FN3O5S/c1-5-25(29(35)31-6-2)32(19-22-13-15-23(30)16-14-22)28(34)20-33(26-18-21(3)12-17-27(26)38-4)39(36,37)24-10-8-7-9-11-24/h7-18,25H,5-6,19-20H2,1-4H3,(H,31,35)/t25-/m0/s1. The molecule has 0 aliphatic rings. The van der Waals surface area contributed by atoms with Gasteiger partial charge in [0, 0.05) is 13.1 Å². The Morgan fingerprint density at radius 2 is 1.67 bits per heavy atom. The Hall–Kier alpha value is -3.92. The zero-order valence-electron chi connectivity index (χ0n) is 22.6. The molecule has 8 nitrogen and oxygen atoms in total. The number of nitrogens with one attached hydrogen (secondary N) is 1. The number of carbonyl (C=O) groups is 2. The molecule has 1 atom stereocenters. The number of hydrogen-bond acceptors (Lipinski definition) is 5. The van der Waals surface area contributed by atoms with Gasteiger partial charge < -0.3 is 15.0 Å². The van der Waals surface area contributed by atoms with Crippen molar-refractivity contribution in [3.63, 3.8) is 0 Å². The molecule has 0 bridgehead atoms. The molecule has 0 fully saturated rings. The summed E-state index contributed by atoms with van der Waals surface area (Å²) in [6.45, 7) is 5.11. The van der Waals surface area contributed by atoms with Crippen LogP contribution in [0.25, 0.3) is 0 Å². The monoisotopic (exact) mass is 555 g/mol. The maximum absolute atomic E-state index is 14.0. The summed E-state index contributed by atoms with van der Waals surface area (Å²) in [4.78, 5) is 28.3. The van der Waals surface area contributed by atoms with Crippen molar-refractivity contribution in [1.82, 2.24) is 10.2 Å². The molecule has 0 aromatic heterocycles. The molecule has 39 heavy (non-hydrogen) atoms. The second-order valence-corrected chi connectivity index (χ2v) is 10.8. The molecule has 0 unspecified atom stereocenters. The molecule has 208 valence electrons. The second kappa shape index (κ2) is 13.2. The van der Waals surface area contributed by atoms with Crippen LogP contribution in [0.4, 0.5) is 10.1 Å². The summed E-state index contributed by atoms with van der Waals surface area (Å²) >= 11 is 0. The molecule has 0 radical (unpaired) electrons. The molecule has 3 rings (SSSR count). The van der Waals surface area contributed by atoms with Crippen LogP contribution in [0.5, 0.6) is 5.75 Å². The summed E-state index contributed by atoms with van der Waals surface area (Å²) in [5, 5.41) is 2.75. The van der Waals surface area contributed by atoms with Gasteiger partial charge >= 0.3 is 0 Å². The Kier molecular flexibility index (Phi) is 10.1. The number of nitrogens with zero attached hydrogens (tertiary/aromatic N) is 2. The average Bonchev–Trinajstić information content (AvgIpc) is 2.93. The van der Waals surface area contributed by atoms with Crippen LogP contribution in [0.15, 0.2) is 77.7 Å². The molecule has 3 aromatic carbocycles. The van der Waals surface area contributed by atoms with Gasteiger partial charge in [0.05, 0.1) is 17.7 Å². The zero-order valence-corrected chi connectivity index (χ0v) is 23.4.